The van der Waals surface area contributed by atoms with Crippen LogP contribution in [-0.4, -0.2) is 62.2 Å². The number of nitrogens with zero attached hydrogens (tertiary/aromatic N) is 1. The molecular weight excluding hydrogens is 270 g/mol. The summed E-state index contributed by atoms with van der Waals surface area (Å²) in [5.41, 5.74) is 0. The first kappa shape index (κ1) is 15.7. The molecule has 0 aromatic heterocycles. The summed E-state index contributed by atoms with van der Waals surface area (Å²) in [5, 5.41) is 8.87. The second-order valence-corrected chi connectivity index (χ2v) is 6.08. The standard InChI is InChI=1S/C9H18F2N2O4S/c1-6-4-13(5-7(2)17-6)18(15,16)12-3-8(14)9(10)11/h6-9,12,14H,3-5H2,1-2H3. The predicted octanol–water partition coefficient (Wildman–Crippen LogP) is -0.444. The number of aliphatic hydroxyl groups excluding tert-OH is 1. The molecule has 9 heteroatoms. The van der Waals surface area contributed by atoms with Crippen LogP contribution in [0.3, 0.4) is 0 Å². The van der Waals surface area contributed by atoms with E-state index in [9.17, 15) is 17.2 Å². The Morgan fingerprint density at radius 1 is 1.39 bits per heavy atom. The minimum Gasteiger partial charge on any atom is -0.386 e. The van der Waals surface area contributed by atoms with Crippen molar-refractivity contribution in [2.45, 2.75) is 38.6 Å². The molecule has 3 unspecified atom stereocenters. The van der Waals surface area contributed by atoms with Crippen molar-refractivity contribution in [1.29, 1.82) is 0 Å². The third-order valence-electron chi connectivity index (χ3n) is 2.49. The Hall–Kier alpha value is -0.350. The van der Waals surface area contributed by atoms with Crippen molar-refractivity contribution in [3.63, 3.8) is 0 Å². The summed E-state index contributed by atoms with van der Waals surface area (Å²) in [7, 11) is -3.87. The number of halogens is 2. The van der Waals surface area contributed by atoms with Crippen LogP contribution in [0.25, 0.3) is 0 Å². The molecule has 18 heavy (non-hydrogen) atoms. The molecule has 0 aromatic rings. The second kappa shape index (κ2) is 6.20. The maximum atomic E-state index is 12.1. The van der Waals surface area contributed by atoms with Gasteiger partial charge in [-0.2, -0.15) is 17.4 Å². The van der Waals surface area contributed by atoms with E-state index in [-0.39, 0.29) is 25.3 Å². The van der Waals surface area contributed by atoms with Gasteiger partial charge in [-0.1, -0.05) is 0 Å². The van der Waals surface area contributed by atoms with E-state index in [2.05, 4.69) is 0 Å². The van der Waals surface area contributed by atoms with Crippen molar-refractivity contribution in [2.24, 2.45) is 0 Å². The average molecular weight is 288 g/mol. The van der Waals surface area contributed by atoms with Gasteiger partial charge in [0.1, 0.15) is 6.10 Å². The zero-order chi connectivity index (χ0) is 13.9. The molecule has 1 aliphatic rings. The van der Waals surface area contributed by atoms with Crippen molar-refractivity contribution in [1.82, 2.24) is 9.03 Å². The molecule has 0 aromatic carbocycles. The maximum absolute atomic E-state index is 12.1. The van der Waals surface area contributed by atoms with Gasteiger partial charge in [0.25, 0.3) is 16.6 Å². The molecule has 1 heterocycles. The zero-order valence-corrected chi connectivity index (χ0v) is 11.0. The first-order chi connectivity index (χ1) is 8.22. The predicted molar refractivity (Wildman–Crippen MR) is 60.5 cm³/mol. The molecule has 0 saturated carbocycles. The summed E-state index contributed by atoms with van der Waals surface area (Å²) in [5.74, 6) is 0. The number of morpholine rings is 1. The Morgan fingerprint density at radius 2 is 1.89 bits per heavy atom. The summed E-state index contributed by atoms with van der Waals surface area (Å²) < 4.78 is 56.2. The van der Waals surface area contributed by atoms with Gasteiger partial charge < -0.3 is 9.84 Å². The normalized spacial score (nSPS) is 28.6. The van der Waals surface area contributed by atoms with E-state index < -0.39 is 29.3 Å². The molecule has 0 bridgehead atoms. The number of hydrogen-bond acceptors (Lipinski definition) is 4. The molecule has 2 N–H and O–H groups in total. The fraction of sp³-hybridized carbons (Fsp3) is 1.00. The minimum atomic E-state index is -3.87. The van der Waals surface area contributed by atoms with Crippen molar-refractivity contribution < 1.29 is 27.0 Å². The van der Waals surface area contributed by atoms with Gasteiger partial charge in [-0.3, -0.25) is 0 Å². The van der Waals surface area contributed by atoms with Crippen LogP contribution in [0.5, 0.6) is 0 Å². The first-order valence-electron chi connectivity index (χ1n) is 5.58. The van der Waals surface area contributed by atoms with Crippen LogP contribution in [0.2, 0.25) is 0 Å². The quantitative estimate of drug-likeness (QED) is 0.718. The van der Waals surface area contributed by atoms with E-state index in [1.54, 1.807) is 13.8 Å². The van der Waals surface area contributed by atoms with E-state index in [1.165, 1.54) is 0 Å². The fourth-order valence-electron chi connectivity index (χ4n) is 1.70. The smallest absolute Gasteiger partial charge is 0.279 e. The Bertz CT molecular complexity index is 356. The molecule has 0 aliphatic carbocycles. The summed E-state index contributed by atoms with van der Waals surface area (Å²) in [6.07, 6.45) is -5.50. The summed E-state index contributed by atoms with van der Waals surface area (Å²) in [4.78, 5) is 0. The number of alkyl halides is 2. The third kappa shape index (κ3) is 4.39. The number of aliphatic hydroxyl groups is 1. The molecular formula is C9H18F2N2O4S. The van der Waals surface area contributed by atoms with Gasteiger partial charge in [0.05, 0.1) is 12.2 Å². The summed E-state index contributed by atoms with van der Waals surface area (Å²) in [6.45, 7) is 3.06. The average Bonchev–Trinajstić information content (AvgIpc) is 2.24. The Balaban J connectivity index is 2.57. The first-order valence-corrected chi connectivity index (χ1v) is 7.02. The molecule has 1 rings (SSSR count). The number of ether oxygens (including phenoxy) is 1. The van der Waals surface area contributed by atoms with Crippen molar-refractivity contribution in [2.75, 3.05) is 19.6 Å². The van der Waals surface area contributed by atoms with E-state index in [1.807, 2.05) is 4.72 Å². The largest absolute Gasteiger partial charge is 0.386 e. The maximum Gasteiger partial charge on any atom is 0.279 e. The Labute approximate surface area is 105 Å². The molecule has 1 saturated heterocycles. The van der Waals surface area contributed by atoms with Gasteiger partial charge in [-0.25, -0.2) is 8.78 Å². The molecule has 6 nitrogen and oxygen atoms in total. The lowest BCUT2D eigenvalue weighted by atomic mass is 10.3. The molecule has 1 aliphatic heterocycles. The van der Waals surface area contributed by atoms with Crippen molar-refractivity contribution >= 4 is 10.2 Å². The van der Waals surface area contributed by atoms with Crippen molar-refractivity contribution in [3.05, 3.63) is 0 Å². The van der Waals surface area contributed by atoms with Crippen LogP contribution in [0.1, 0.15) is 13.8 Å². The zero-order valence-electron chi connectivity index (χ0n) is 10.2. The van der Waals surface area contributed by atoms with E-state index >= 15 is 0 Å². The van der Waals surface area contributed by atoms with Gasteiger partial charge in [-0.15, -0.1) is 0 Å². The molecule has 3 atom stereocenters. The minimum absolute atomic E-state index is 0.157. The van der Waals surface area contributed by atoms with E-state index in [4.69, 9.17) is 9.84 Å². The van der Waals surface area contributed by atoms with E-state index in [0.717, 1.165) is 4.31 Å². The monoisotopic (exact) mass is 288 g/mol. The van der Waals surface area contributed by atoms with Gasteiger partial charge in [0.2, 0.25) is 0 Å². The third-order valence-corrected chi connectivity index (χ3v) is 4.00. The van der Waals surface area contributed by atoms with Crippen molar-refractivity contribution in [3.8, 4) is 0 Å². The van der Waals surface area contributed by atoms with Crippen LogP contribution in [-0.2, 0) is 14.9 Å². The lowest BCUT2D eigenvalue weighted by Gasteiger charge is -2.34. The lowest BCUT2D eigenvalue weighted by Crippen LogP contribution is -2.53. The van der Waals surface area contributed by atoms with E-state index in [0.29, 0.717) is 0 Å². The van der Waals surface area contributed by atoms with Gasteiger partial charge >= 0.3 is 0 Å². The molecule has 0 amide bonds. The number of hydrogen-bond donors (Lipinski definition) is 2. The molecule has 108 valence electrons. The van der Waals surface area contributed by atoms with Crippen LogP contribution in [0.4, 0.5) is 8.78 Å². The second-order valence-electron chi connectivity index (χ2n) is 4.33. The van der Waals surface area contributed by atoms with Crippen LogP contribution in [0.15, 0.2) is 0 Å². The topological polar surface area (TPSA) is 78.9 Å². The number of nitrogens with one attached hydrogen (secondary N) is 1. The Kier molecular flexibility index (Phi) is 5.41. The molecule has 0 spiro atoms. The highest BCUT2D eigenvalue weighted by Gasteiger charge is 2.31. The highest BCUT2D eigenvalue weighted by atomic mass is 32.2. The fourth-order valence-corrected chi connectivity index (χ4v) is 3.07. The van der Waals surface area contributed by atoms with Crippen LogP contribution < -0.4 is 4.72 Å². The van der Waals surface area contributed by atoms with Gasteiger partial charge in [0.15, 0.2) is 0 Å². The highest BCUT2D eigenvalue weighted by molar-refractivity contribution is 7.87. The Morgan fingerprint density at radius 3 is 2.33 bits per heavy atom. The SMILES string of the molecule is CC1CN(S(=O)(=O)NCC(O)C(F)F)CC(C)O1. The molecule has 1 fully saturated rings. The van der Waals surface area contributed by atoms with Gasteiger partial charge in [-0.05, 0) is 13.8 Å². The summed E-state index contributed by atoms with van der Waals surface area (Å²) >= 11 is 0. The van der Waals surface area contributed by atoms with Crippen LogP contribution >= 0.6 is 0 Å². The summed E-state index contributed by atoms with van der Waals surface area (Å²) in [6, 6.07) is 0. The lowest BCUT2D eigenvalue weighted by molar-refractivity contribution is -0.0447. The van der Waals surface area contributed by atoms with Gasteiger partial charge in [0, 0.05) is 19.6 Å². The number of rotatable bonds is 5. The highest BCUT2D eigenvalue weighted by Crippen LogP contribution is 2.13. The van der Waals surface area contributed by atoms with Crippen LogP contribution in [0, 0.1) is 0 Å². The molecule has 0 radical (unpaired) electrons.